The Hall–Kier alpha value is -2.82. The predicted molar refractivity (Wildman–Crippen MR) is 109 cm³/mol. The van der Waals surface area contributed by atoms with Crippen LogP contribution in [0.15, 0.2) is 59.1 Å². The van der Waals surface area contributed by atoms with Gasteiger partial charge in [0.25, 0.3) is 5.78 Å². The summed E-state index contributed by atoms with van der Waals surface area (Å²) in [5.41, 5.74) is 1.73. The number of aryl methyl sites for hydroxylation is 1. The van der Waals surface area contributed by atoms with Gasteiger partial charge in [0.1, 0.15) is 16.4 Å². The lowest BCUT2D eigenvalue weighted by Crippen LogP contribution is -2.28. The van der Waals surface area contributed by atoms with Crippen molar-refractivity contribution in [3.63, 3.8) is 0 Å². The van der Waals surface area contributed by atoms with Crippen LogP contribution < -0.4 is 10.0 Å². The molecule has 0 atom stereocenters. The van der Waals surface area contributed by atoms with Gasteiger partial charge in [-0.3, -0.25) is 0 Å². The van der Waals surface area contributed by atoms with Crippen molar-refractivity contribution in [2.75, 3.05) is 18.4 Å². The molecule has 1 aromatic carbocycles. The van der Waals surface area contributed by atoms with Gasteiger partial charge in [0.15, 0.2) is 0 Å². The second kappa shape index (κ2) is 7.66. The van der Waals surface area contributed by atoms with E-state index in [4.69, 9.17) is 0 Å². The molecule has 0 spiro atoms. The van der Waals surface area contributed by atoms with Crippen LogP contribution >= 0.6 is 11.3 Å². The van der Waals surface area contributed by atoms with Gasteiger partial charge in [0.2, 0.25) is 10.0 Å². The van der Waals surface area contributed by atoms with Crippen LogP contribution in [0.4, 0.5) is 5.82 Å². The van der Waals surface area contributed by atoms with Crippen LogP contribution in [0.1, 0.15) is 4.88 Å². The molecule has 0 bridgehead atoms. The van der Waals surface area contributed by atoms with Crippen molar-refractivity contribution in [1.82, 2.24) is 24.3 Å². The van der Waals surface area contributed by atoms with Crippen LogP contribution in [0.5, 0.6) is 0 Å². The lowest BCUT2D eigenvalue weighted by atomic mass is 10.1. The Kier molecular flexibility index (Phi) is 5.07. The van der Waals surface area contributed by atoms with Crippen molar-refractivity contribution >= 4 is 33.0 Å². The normalized spacial score (nSPS) is 11.8. The van der Waals surface area contributed by atoms with Gasteiger partial charge < -0.3 is 5.32 Å². The highest BCUT2D eigenvalue weighted by Crippen LogP contribution is 2.21. The Morgan fingerprint density at radius 1 is 1.11 bits per heavy atom. The summed E-state index contributed by atoms with van der Waals surface area (Å²) in [5, 5.41) is 7.38. The maximum absolute atomic E-state index is 12.3. The van der Waals surface area contributed by atoms with E-state index in [1.54, 1.807) is 16.6 Å². The zero-order chi connectivity index (χ0) is 19.6. The SMILES string of the molecule is Cc1ccc(S(=O)(=O)NCCNc2cc(-c3ccccc3)nc3ncnn23)s1. The number of hydrogen-bond donors (Lipinski definition) is 2. The number of sulfonamides is 1. The Balaban J connectivity index is 1.48. The zero-order valence-electron chi connectivity index (χ0n) is 15.0. The van der Waals surface area contributed by atoms with Crippen molar-refractivity contribution in [2.45, 2.75) is 11.1 Å². The van der Waals surface area contributed by atoms with E-state index in [1.165, 1.54) is 17.7 Å². The van der Waals surface area contributed by atoms with E-state index in [0.717, 1.165) is 16.1 Å². The largest absolute Gasteiger partial charge is 0.369 e. The third-order valence-corrected chi connectivity index (χ3v) is 6.98. The quantitative estimate of drug-likeness (QED) is 0.451. The number of rotatable bonds is 7. The minimum Gasteiger partial charge on any atom is -0.369 e. The first-order valence-electron chi connectivity index (χ1n) is 8.59. The average Bonchev–Trinajstić information content (AvgIpc) is 3.35. The first kappa shape index (κ1) is 18.5. The van der Waals surface area contributed by atoms with E-state index in [2.05, 4.69) is 25.1 Å². The molecule has 0 aliphatic heterocycles. The van der Waals surface area contributed by atoms with Gasteiger partial charge in [-0.05, 0) is 19.1 Å². The van der Waals surface area contributed by atoms with E-state index in [1.807, 2.05) is 43.3 Å². The topological polar surface area (TPSA) is 101 Å². The summed E-state index contributed by atoms with van der Waals surface area (Å²) < 4.78 is 29.1. The van der Waals surface area contributed by atoms with Crippen molar-refractivity contribution in [3.8, 4) is 11.3 Å². The Morgan fingerprint density at radius 2 is 1.93 bits per heavy atom. The molecule has 8 nitrogen and oxygen atoms in total. The van der Waals surface area contributed by atoms with Gasteiger partial charge in [-0.15, -0.1) is 11.3 Å². The van der Waals surface area contributed by atoms with E-state index in [9.17, 15) is 8.42 Å². The number of nitrogens with zero attached hydrogens (tertiary/aromatic N) is 4. The molecule has 0 radical (unpaired) electrons. The van der Waals surface area contributed by atoms with E-state index in [-0.39, 0.29) is 6.54 Å². The second-order valence-electron chi connectivity index (χ2n) is 6.05. The standard InChI is InChI=1S/C18H18N6O2S2/c1-13-7-8-17(27-13)28(25,26)22-10-9-19-16-11-15(14-5-3-2-4-6-14)23-18-20-12-21-24(16)18/h2-8,11-12,19,22H,9-10H2,1H3. The van der Waals surface area contributed by atoms with Crippen LogP contribution in [-0.4, -0.2) is 41.1 Å². The van der Waals surface area contributed by atoms with E-state index < -0.39 is 10.0 Å². The molecule has 4 rings (SSSR count). The number of anilines is 1. The Labute approximate surface area is 166 Å². The van der Waals surface area contributed by atoms with Crippen LogP contribution in [0.25, 0.3) is 17.0 Å². The fourth-order valence-electron chi connectivity index (χ4n) is 2.70. The molecule has 0 fully saturated rings. The number of fused-ring (bicyclic) bond motifs is 1. The minimum atomic E-state index is -3.50. The molecule has 28 heavy (non-hydrogen) atoms. The number of benzene rings is 1. The molecule has 10 heteroatoms. The predicted octanol–water partition coefficient (Wildman–Crippen LogP) is 2.55. The van der Waals surface area contributed by atoms with Crippen LogP contribution in [-0.2, 0) is 10.0 Å². The number of nitrogens with one attached hydrogen (secondary N) is 2. The van der Waals surface area contributed by atoms with E-state index >= 15 is 0 Å². The summed E-state index contributed by atoms with van der Waals surface area (Å²) in [5.74, 6) is 1.16. The molecule has 2 N–H and O–H groups in total. The summed E-state index contributed by atoms with van der Waals surface area (Å²) in [6, 6.07) is 15.0. The molecule has 0 aliphatic rings. The van der Waals surface area contributed by atoms with Gasteiger partial charge in [-0.1, -0.05) is 30.3 Å². The first-order valence-corrected chi connectivity index (χ1v) is 10.9. The average molecular weight is 415 g/mol. The molecule has 0 aliphatic carbocycles. The highest BCUT2D eigenvalue weighted by atomic mass is 32.2. The third kappa shape index (κ3) is 3.88. The van der Waals surface area contributed by atoms with Crippen LogP contribution in [0, 0.1) is 6.92 Å². The molecule has 0 saturated carbocycles. The molecule has 144 valence electrons. The maximum Gasteiger partial charge on any atom is 0.254 e. The van der Waals surface area contributed by atoms with Gasteiger partial charge >= 0.3 is 0 Å². The zero-order valence-corrected chi connectivity index (χ0v) is 16.7. The van der Waals surface area contributed by atoms with Crippen LogP contribution in [0.2, 0.25) is 0 Å². The van der Waals surface area contributed by atoms with Gasteiger partial charge in [-0.25, -0.2) is 18.1 Å². The summed E-state index contributed by atoms with van der Waals surface area (Å²) in [6.45, 7) is 2.50. The first-order chi connectivity index (χ1) is 13.5. The number of hydrogen-bond acceptors (Lipinski definition) is 7. The molecule has 0 saturated heterocycles. The summed E-state index contributed by atoms with van der Waals surface area (Å²) in [7, 11) is -3.50. The second-order valence-corrected chi connectivity index (χ2v) is 9.34. The lowest BCUT2D eigenvalue weighted by Gasteiger charge is -2.10. The number of thiophene rings is 1. The van der Waals surface area contributed by atoms with Gasteiger partial charge in [0.05, 0.1) is 5.69 Å². The molecule has 3 heterocycles. The summed E-state index contributed by atoms with van der Waals surface area (Å²) in [6.07, 6.45) is 1.43. The fraction of sp³-hybridized carbons (Fsp3) is 0.167. The fourth-order valence-corrected chi connectivity index (χ4v) is 5.06. The molecule has 0 amide bonds. The van der Waals surface area contributed by atoms with Crippen LogP contribution in [0.3, 0.4) is 0 Å². The monoisotopic (exact) mass is 414 g/mol. The van der Waals surface area contributed by atoms with Crippen molar-refractivity contribution in [2.24, 2.45) is 0 Å². The Morgan fingerprint density at radius 3 is 2.68 bits per heavy atom. The van der Waals surface area contributed by atoms with E-state index in [0.29, 0.717) is 22.3 Å². The smallest absolute Gasteiger partial charge is 0.254 e. The maximum atomic E-state index is 12.3. The summed E-state index contributed by atoms with van der Waals surface area (Å²) in [4.78, 5) is 9.64. The van der Waals surface area contributed by atoms with Gasteiger partial charge in [0, 0.05) is 29.6 Å². The Bertz CT molecular complexity index is 1200. The van der Waals surface area contributed by atoms with Gasteiger partial charge in [-0.2, -0.15) is 14.6 Å². The summed E-state index contributed by atoms with van der Waals surface area (Å²) >= 11 is 1.25. The highest BCUT2D eigenvalue weighted by molar-refractivity contribution is 7.91. The molecule has 3 aromatic heterocycles. The molecular weight excluding hydrogens is 396 g/mol. The molecular formula is C18H18N6O2S2. The highest BCUT2D eigenvalue weighted by Gasteiger charge is 2.15. The number of aromatic nitrogens is 4. The third-order valence-electron chi connectivity index (χ3n) is 4.03. The van der Waals surface area contributed by atoms with Crippen molar-refractivity contribution in [3.05, 3.63) is 59.7 Å². The minimum absolute atomic E-state index is 0.235. The van der Waals surface area contributed by atoms with Crippen molar-refractivity contribution in [1.29, 1.82) is 0 Å². The van der Waals surface area contributed by atoms with Crippen molar-refractivity contribution < 1.29 is 8.42 Å². The molecule has 0 unspecified atom stereocenters. The molecule has 4 aromatic rings. The lowest BCUT2D eigenvalue weighted by molar-refractivity contribution is 0.585.